The number of thioether (sulfide) groups is 1. The Kier molecular flexibility index (Phi) is 4.77. The van der Waals surface area contributed by atoms with Crippen molar-refractivity contribution in [2.45, 2.75) is 24.3 Å². The number of aliphatic hydroxyl groups excluding tert-OH is 1. The van der Waals surface area contributed by atoms with E-state index in [0.717, 1.165) is 10.5 Å². The number of hydrogen-bond acceptors (Lipinski definition) is 3. The number of carbonyl (C=O) groups excluding carboxylic acids is 1. The molecule has 2 aromatic rings. The zero-order chi connectivity index (χ0) is 13.7. The Morgan fingerprint density at radius 1 is 1.11 bits per heavy atom. The van der Waals surface area contributed by atoms with Crippen molar-refractivity contribution in [3.8, 4) is 0 Å². The summed E-state index contributed by atoms with van der Waals surface area (Å²) < 4.78 is 0. The highest BCUT2D eigenvalue weighted by molar-refractivity contribution is 8.13. The Morgan fingerprint density at radius 2 is 1.74 bits per heavy atom. The van der Waals surface area contributed by atoms with Gasteiger partial charge in [0.1, 0.15) is 0 Å². The molecule has 0 radical (unpaired) electrons. The highest BCUT2D eigenvalue weighted by atomic mass is 32.2. The molecule has 19 heavy (non-hydrogen) atoms. The van der Waals surface area contributed by atoms with Gasteiger partial charge in [-0.1, -0.05) is 59.8 Å². The smallest absolute Gasteiger partial charge is 0.196 e. The summed E-state index contributed by atoms with van der Waals surface area (Å²) in [6.45, 7) is 2.01. The molecule has 0 unspecified atom stereocenters. The van der Waals surface area contributed by atoms with Crippen LogP contribution in [0, 0.1) is 6.92 Å². The molecule has 0 aliphatic carbocycles. The second-order valence-corrected chi connectivity index (χ2v) is 5.55. The fourth-order valence-electron chi connectivity index (χ4n) is 1.73. The molecule has 0 amide bonds. The third-order valence-electron chi connectivity index (χ3n) is 2.80. The maximum Gasteiger partial charge on any atom is 0.196 e. The van der Waals surface area contributed by atoms with Gasteiger partial charge in [0, 0.05) is 11.3 Å². The van der Waals surface area contributed by atoms with Gasteiger partial charge in [0.15, 0.2) is 5.12 Å². The lowest BCUT2D eigenvalue weighted by Crippen LogP contribution is -2.03. The van der Waals surface area contributed by atoms with Crippen LogP contribution < -0.4 is 0 Å². The van der Waals surface area contributed by atoms with Crippen LogP contribution in [0.3, 0.4) is 0 Å². The van der Waals surface area contributed by atoms with Gasteiger partial charge in [-0.05, 0) is 24.6 Å². The molecule has 0 fully saturated rings. The van der Waals surface area contributed by atoms with Gasteiger partial charge in [-0.15, -0.1) is 0 Å². The predicted molar refractivity (Wildman–Crippen MR) is 78.1 cm³/mol. The first-order valence-corrected chi connectivity index (χ1v) is 6.97. The summed E-state index contributed by atoms with van der Waals surface area (Å²) in [6, 6.07) is 17.1. The third-order valence-corrected chi connectivity index (χ3v) is 3.70. The van der Waals surface area contributed by atoms with E-state index in [1.165, 1.54) is 17.3 Å². The second kappa shape index (κ2) is 6.55. The zero-order valence-electron chi connectivity index (χ0n) is 10.7. The van der Waals surface area contributed by atoms with E-state index in [9.17, 15) is 9.90 Å². The quantitative estimate of drug-likeness (QED) is 0.862. The van der Waals surface area contributed by atoms with E-state index >= 15 is 0 Å². The summed E-state index contributed by atoms with van der Waals surface area (Å²) in [6.07, 6.45) is -0.602. The van der Waals surface area contributed by atoms with Crippen LogP contribution in [0.4, 0.5) is 0 Å². The summed E-state index contributed by atoms with van der Waals surface area (Å²) >= 11 is 1.18. The van der Waals surface area contributed by atoms with Gasteiger partial charge in [0.05, 0.1) is 6.10 Å². The van der Waals surface area contributed by atoms with E-state index in [1.807, 2.05) is 61.5 Å². The van der Waals surface area contributed by atoms with Gasteiger partial charge in [0.25, 0.3) is 0 Å². The number of aryl methyl sites for hydroxylation is 1. The molecule has 0 aliphatic rings. The van der Waals surface area contributed by atoms with Crippen LogP contribution >= 0.6 is 11.8 Å². The highest BCUT2D eigenvalue weighted by Gasteiger charge is 2.13. The first kappa shape index (κ1) is 13.8. The third kappa shape index (κ3) is 4.23. The van der Waals surface area contributed by atoms with Crippen molar-refractivity contribution < 1.29 is 9.90 Å². The SMILES string of the molecule is Cc1ccc(SC(=O)C[C@@H](O)c2ccccc2)cc1. The van der Waals surface area contributed by atoms with Gasteiger partial charge >= 0.3 is 0 Å². The average molecular weight is 272 g/mol. The molecular weight excluding hydrogens is 256 g/mol. The molecule has 2 nitrogen and oxygen atoms in total. The number of benzene rings is 2. The number of aliphatic hydroxyl groups is 1. The van der Waals surface area contributed by atoms with Crippen molar-refractivity contribution in [2.24, 2.45) is 0 Å². The van der Waals surface area contributed by atoms with Crippen molar-refractivity contribution in [3.05, 3.63) is 65.7 Å². The molecular formula is C16H16O2S. The molecule has 1 atom stereocenters. The molecule has 0 aliphatic heterocycles. The predicted octanol–water partition coefficient (Wildman–Crippen LogP) is 3.74. The van der Waals surface area contributed by atoms with Crippen LogP contribution in [0.2, 0.25) is 0 Å². The van der Waals surface area contributed by atoms with Crippen LogP contribution in [-0.4, -0.2) is 10.2 Å². The van der Waals surface area contributed by atoms with Crippen LogP contribution in [-0.2, 0) is 4.79 Å². The summed E-state index contributed by atoms with van der Waals surface area (Å²) in [5.41, 5.74) is 1.95. The Hall–Kier alpha value is -1.58. The fraction of sp³-hybridized carbons (Fsp3) is 0.188. The van der Waals surface area contributed by atoms with Crippen molar-refractivity contribution in [1.29, 1.82) is 0 Å². The van der Waals surface area contributed by atoms with Crippen molar-refractivity contribution in [2.75, 3.05) is 0 Å². The molecule has 0 saturated heterocycles. The fourth-order valence-corrected chi connectivity index (χ4v) is 2.51. The lowest BCUT2D eigenvalue weighted by Gasteiger charge is -2.09. The standard InChI is InChI=1S/C16H16O2S/c1-12-7-9-14(10-8-12)19-16(18)11-15(17)13-5-3-2-4-6-13/h2-10,15,17H,11H2,1H3/t15-/m1/s1. The molecule has 2 rings (SSSR count). The van der Waals surface area contributed by atoms with Crippen molar-refractivity contribution >= 4 is 16.9 Å². The van der Waals surface area contributed by atoms with E-state index in [-0.39, 0.29) is 11.5 Å². The van der Waals surface area contributed by atoms with Crippen LogP contribution in [0.1, 0.15) is 23.7 Å². The highest BCUT2D eigenvalue weighted by Crippen LogP contribution is 2.25. The molecule has 0 saturated carbocycles. The van der Waals surface area contributed by atoms with Crippen LogP contribution in [0.15, 0.2) is 59.5 Å². The monoisotopic (exact) mass is 272 g/mol. The van der Waals surface area contributed by atoms with Crippen LogP contribution in [0.5, 0.6) is 0 Å². The Morgan fingerprint density at radius 3 is 2.37 bits per heavy atom. The van der Waals surface area contributed by atoms with Gasteiger partial charge in [-0.2, -0.15) is 0 Å². The zero-order valence-corrected chi connectivity index (χ0v) is 11.6. The summed E-state index contributed by atoms with van der Waals surface area (Å²) in [5.74, 6) is 0. The number of hydrogen-bond donors (Lipinski definition) is 1. The maximum absolute atomic E-state index is 11.9. The van der Waals surface area contributed by atoms with E-state index in [1.54, 1.807) is 0 Å². The summed E-state index contributed by atoms with van der Waals surface area (Å²) in [5, 5.41) is 9.95. The minimum Gasteiger partial charge on any atom is -0.388 e. The van der Waals surface area contributed by atoms with Crippen molar-refractivity contribution in [3.63, 3.8) is 0 Å². The number of carbonyl (C=O) groups is 1. The second-order valence-electron chi connectivity index (χ2n) is 4.42. The molecule has 1 N–H and O–H groups in total. The number of rotatable bonds is 4. The first-order valence-electron chi connectivity index (χ1n) is 6.15. The topological polar surface area (TPSA) is 37.3 Å². The van der Waals surface area contributed by atoms with Gasteiger partial charge < -0.3 is 5.11 Å². The van der Waals surface area contributed by atoms with Gasteiger partial charge in [0.2, 0.25) is 0 Å². The Labute approximate surface area is 117 Å². The molecule has 0 bridgehead atoms. The van der Waals surface area contributed by atoms with E-state index in [4.69, 9.17) is 0 Å². The minimum atomic E-state index is -0.730. The summed E-state index contributed by atoms with van der Waals surface area (Å²) in [4.78, 5) is 12.8. The van der Waals surface area contributed by atoms with E-state index < -0.39 is 6.10 Å². The first-order chi connectivity index (χ1) is 9.15. The lowest BCUT2D eigenvalue weighted by atomic mass is 10.1. The average Bonchev–Trinajstić information content (AvgIpc) is 2.42. The largest absolute Gasteiger partial charge is 0.388 e. The minimum absolute atomic E-state index is 0.0276. The summed E-state index contributed by atoms with van der Waals surface area (Å²) in [7, 11) is 0. The van der Waals surface area contributed by atoms with Crippen LogP contribution in [0.25, 0.3) is 0 Å². The maximum atomic E-state index is 11.9. The molecule has 98 valence electrons. The Bertz CT molecular complexity index is 534. The molecule has 0 spiro atoms. The molecule has 2 aromatic carbocycles. The molecule has 0 heterocycles. The normalized spacial score (nSPS) is 12.1. The lowest BCUT2D eigenvalue weighted by molar-refractivity contribution is -0.112. The van der Waals surface area contributed by atoms with E-state index in [2.05, 4.69) is 0 Å². The van der Waals surface area contributed by atoms with Gasteiger partial charge in [-0.25, -0.2) is 0 Å². The van der Waals surface area contributed by atoms with Crippen molar-refractivity contribution in [1.82, 2.24) is 0 Å². The van der Waals surface area contributed by atoms with E-state index in [0.29, 0.717) is 0 Å². The molecule has 3 heteroatoms. The molecule has 0 aromatic heterocycles. The van der Waals surface area contributed by atoms with Gasteiger partial charge in [-0.3, -0.25) is 4.79 Å². The Balaban J connectivity index is 1.93.